The van der Waals surface area contributed by atoms with Crippen molar-refractivity contribution in [1.29, 1.82) is 0 Å². The maximum atomic E-state index is 13.3. The molecule has 142 valence electrons. The van der Waals surface area contributed by atoms with Crippen molar-refractivity contribution in [2.24, 2.45) is 22.9 Å². The molecule has 8 nitrogen and oxygen atoms in total. The molecule has 2 aromatic rings. The van der Waals surface area contributed by atoms with Gasteiger partial charge in [-0.1, -0.05) is 5.16 Å². The number of nitrogens with zero attached hydrogens (tertiary/aromatic N) is 3. The molecule has 2 heterocycles. The van der Waals surface area contributed by atoms with Crippen LogP contribution >= 0.6 is 0 Å². The standard InChI is InChI=1S/C20H18N4O4/c25-19(22-15-5-7-16(8-6-15)24(26)27)20-14-4-3-12(10-14)17(20)18(23-28-20)13-2-1-9-21-11-13/h1-2,5-9,11-12,14,17H,3-4,10H2,(H,22,25). The van der Waals surface area contributed by atoms with Crippen molar-refractivity contribution in [3.05, 3.63) is 64.5 Å². The lowest BCUT2D eigenvalue weighted by Gasteiger charge is -2.35. The van der Waals surface area contributed by atoms with Gasteiger partial charge >= 0.3 is 0 Å². The van der Waals surface area contributed by atoms with Crippen molar-refractivity contribution in [1.82, 2.24) is 4.98 Å². The highest BCUT2D eigenvalue weighted by molar-refractivity contribution is 6.10. The fourth-order valence-electron chi connectivity index (χ4n) is 5.06. The number of fused-ring (bicyclic) bond motifs is 5. The molecule has 28 heavy (non-hydrogen) atoms. The molecule has 1 amide bonds. The molecule has 2 fully saturated rings. The van der Waals surface area contributed by atoms with Gasteiger partial charge in [-0.15, -0.1) is 0 Å². The number of pyridine rings is 1. The highest BCUT2D eigenvalue weighted by atomic mass is 16.7. The molecule has 5 rings (SSSR count). The Morgan fingerprint density at radius 1 is 1.25 bits per heavy atom. The van der Waals surface area contributed by atoms with Gasteiger partial charge in [-0.05, 0) is 49.4 Å². The van der Waals surface area contributed by atoms with E-state index in [1.54, 1.807) is 12.4 Å². The fraction of sp³-hybridized carbons (Fsp3) is 0.350. The van der Waals surface area contributed by atoms with Crippen LogP contribution in [0.15, 0.2) is 53.9 Å². The third-order valence-electron chi connectivity index (χ3n) is 6.25. The molecule has 1 aliphatic heterocycles. The van der Waals surface area contributed by atoms with E-state index in [1.165, 1.54) is 24.3 Å². The minimum absolute atomic E-state index is 0.0201. The zero-order valence-electron chi connectivity index (χ0n) is 14.9. The average molecular weight is 378 g/mol. The number of rotatable bonds is 4. The van der Waals surface area contributed by atoms with Gasteiger partial charge in [0.25, 0.3) is 11.6 Å². The van der Waals surface area contributed by atoms with Gasteiger partial charge in [0.15, 0.2) is 0 Å². The molecule has 2 bridgehead atoms. The molecule has 0 radical (unpaired) electrons. The van der Waals surface area contributed by atoms with Gasteiger partial charge in [0.1, 0.15) is 0 Å². The van der Waals surface area contributed by atoms with Crippen LogP contribution in [0, 0.1) is 27.9 Å². The zero-order valence-corrected chi connectivity index (χ0v) is 14.9. The maximum Gasteiger partial charge on any atom is 0.272 e. The summed E-state index contributed by atoms with van der Waals surface area (Å²) in [5.41, 5.74) is 1.14. The molecular formula is C20H18N4O4. The van der Waals surface area contributed by atoms with E-state index < -0.39 is 10.5 Å². The van der Waals surface area contributed by atoms with Crippen LogP contribution in [-0.4, -0.2) is 27.1 Å². The van der Waals surface area contributed by atoms with E-state index >= 15 is 0 Å². The topological polar surface area (TPSA) is 107 Å². The van der Waals surface area contributed by atoms with Crippen LogP contribution < -0.4 is 5.32 Å². The normalized spacial score (nSPS) is 29.7. The van der Waals surface area contributed by atoms with Crippen molar-refractivity contribution in [3.63, 3.8) is 0 Å². The molecule has 2 saturated carbocycles. The van der Waals surface area contributed by atoms with Crippen molar-refractivity contribution in [3.8, 4) is 0 Å². The van der Waals surface area contributed by atoms with Gasteiger partial charge in [-0.2, -0.15) is 0 Å². The summed E-state index contributed by atoms with van der Waals surface area (Å²) in [5, 5.41) is 18.1. The Labute approximate surface area is 160 Å². The number of amides is 1. The molecule has 0 saturated heterocycles. The number of benzene rings is 1. The lowest BCUT2D eigenvalue weighted by molar-refractivity contribution is -0.384. The molecule has 0 spiro atoms. The quantitative estimate of drug-likeness (QED) is 0.650. The Bertz CT molecular complexity index is 975. The number of nitro benzene ring substituents is 1. The van der Waals surface area contributed by atoms with Crippen molar-refractivity contribution < 1.29 is 14.6 Å². The van der Waals surface area contributed by atoms with Crippen LogP contribution in [0.4, 0.5) is 11.4 Å². The van der Waals surface area contributed by atoms with Crippen LogP contribution in [0.2, 0.25) is 0 Å². The summed E-state index contributed by atoms with van der Waals surface area (Å²) >= 11 is 0. The number of nitrogens with one attached hydrogen (secondary N) is 1. The van der Waals surface area contributed by atoms with Crippen LogP contribution in [0.25, 0.3) is 0 Å². The number of hydrogen-bond acceptors (Lipinski definition) is 6. The second-order valence-corrected chi connectivity index (χ2v) is 7.61. The summed E-state index contributed by atoms with van der Waals surface area (Å²) in [6.45, 7) is 0. The lowest BCUT2D eigenvalue weighted by Crippen LogP contribution is -2.53. The zero-order chi connectivity index (χ0) is 19.3. The number of aromatic nitrogens is 1. The lowest BCUT2D eigenvalue weighted by atomic mass is 9.72. The van der Waals surface area contributed by atoms with Crippen LogP contribution in [0.1, 0.15) is 24.8 Å². The first kappa shape index (κ1) is 16.9. The Morgan fingerprint density at radius 2 is 2.07 bits per heavy atom. The first-order chi connectivity index (χ1) is 13.6. The number of carbonyl (C=O) groups excluding carboxylic acids is 1. The Morgan fingerprint density at radius 3 is 2.79 bits per heavy atom. The van der Waals surface area contributed by atoms with Crippen LogP contribution in [0.5, 0.6) is 0 Å². The monoisotopic (exact) mass is 378 g/mol. The number of carbonyl (C=O) groups is 1. The minimum atomic E-state index is -1.02. The Kier molecular flexibility index (Phi) is 3.68. The van der Waals surface area contributed by atoms with E-state index in [-0.39, 0.29) is 23.4 Å². The third-order valence-corrected chi connectivity index (χ3v) is 6.25. The second-order valence-electron chi connectivity index (χ2n) is 7.61. The minimum Gasteiger partial charge on any atom is -0.378 e. The highest BCUT2D eigenvalue weighted by Gasteiger charge is 2.69. The van der Waals surface area contributed by atoms with E-state index in [4.69, 9.17) is 4.84 Å². The van der Waals surface area contributed by atoms with Crippen molar-refractivity contribution in [2.45, 2.75) is 24.9 Å². The van der Waals surface area contributed by atoms with Gasteiger partial charge in [0.2, 0.25) is 5.60 Å². The molecule has 4 atom stereocenters. The van der Waals surface area contributed by atoms with Crippen LogP contribution in [0.3, 0.4) is 0 Å². The summed E-state index contributed by atoms with van der Waals surface area (Å²) in [4.78, 5) is 33.8. The molecule has 3 aliphatic rings. The molecule has 4 unspecified atom stereocenters. The van der Waals surface area contributed by atoms with Gasteiger partial charge < -0.3 is 10.2 Å². The largest absolute Gasteiger partial charge is 0.378 e. The summed E-state index contributed by atoms with van der Waals surface area (Å²) in [6, 6.07) is 9.60. The SMILES string of the molecule is O=C(Nc1ccc([N+](=O)[O-])cc1)C12ON=C(c3cccnc3)C1C1CCC2C1. The van der Waals surface area contributed by atoms with E-state index in [9.17, 15) is 14.9 Å². The van der Waals surface area contributed by atoms with Crippen LogP contribution in [-0.2, 0) is 9.63 Å². The molecule has 1 aromatic carbocycles. The van der Waals surface area contributed by atoms with E-state index in [1.807, 2.05) is 12.1 Å². The number of oxime groups is 1. The van der Waals surface area contributed by atoms with E-state index in [2.05, 4.69) is 15.5 Å². The summed E-state index contributed by atoms with van der Waals surface area (Å²) in [7, 11) is 0. The molecule has 1 aromatic heterocycles. The Hall–Kier alpha value is -3.29. The highest BCUT2D eigenvalue weighted by Crippen LogP contribution is 2.60. The van der Waals surface area contributed by atoms with Crippen molar-refractivity contribution in [2.75, 3.05) is 5.32 Å². The summed E-state index contributed by atoms with van der Waals surface area (Å²) in [6.07, 6.45) is 6.39. The average Bonchev–Trinajstić information content (AvgIpc) is 3.41. The number of nitro groups is 1. The smallest absolute Gasteiger partial charge is 0.272 e. The molecule has 8 heteroatoms. The summed E-state index contributed by atoms with van der Waals surface area (Å²) < 4.78 is 0. The fourth-order valence-corrected chi connectivity index (χ4v) is 5.06. The van der Waals surface area contributed by atoms with Crippen molar-refractivity contribution >= 4 is 23.0 Å². The number of non-ortho nitro benzene ring substituents is 1. The Balaban J connectivity index is 1.45. The van der Waals surface area contributed by atoms with E-state index in [0.717, 1.165) is 30.5 Å². The van der Waals surface area contributed by atoms with Gasteiger partial charge in [-0.25, -0.2) is 0 Å². The predicted octanol–water partition coefficient (Wildman–Crippen LogP) is 3.15. The van der Waals surface area contributed by atoms with Gasteiger partial charge in [0.05, 0.1) is 16.6 Å². The molecule has 1 N–H and O–H groups in total. The van der Waals surface area contributed by atoms with Gasteiger partial charge in [-0.3, -0.25) is 19.9 Å². The number of anilines is 1. The predicted molar refractivity (Wildman–Crippen MR) is 101 cm³/mol. The third kappa shape index (κ3) is 2.33. The van der Waals surface area contributed by atoms with Gasteiger partial charge in [0, 0.05) is 41.7 Å². The first-order valence-electron chi connectivity index (χ1n) is 9.32. The molecular weight excluding hydrogens is 360 g/mol. The molecule has 2 aliphatic carbocycles. The number of hydrogen-bond donors (Lipinski definition) is 1. The summed E-state index contributed by atoms with van der Waals surface area (Å²) in [5.74, 6) is 0.127. The second kappa shape index (κ2) is 6.12. The first-order valence-corrected chi connectivity index (χ1v) is 9.32. The maximum absolute atomic E-state index is 13.3. The van der Waals surface area contributed by atoms with E-state index in [0.29, 0.717) is 11.6 Å².